The van der Waals surface area contributed by atoms with E-state index in [2.05, 4.69) is 29.3 Å². The number of imidazole rings is 1. The van der Waals surface area contributed by atoms with Crippen LogP contribution in [0.1, 0.15) is 18.7 Å². The molecule has 0 bridgehead atoms. The molecule has 130 valence electrons. The van der Waals surface area contributed by atoms with Gasteiger partial charge in [0.05, 0.1) is 0 Å². The molecule has 0 unspecified atom stereocenters. The number of hydrogen-bond donors (Lipinski definition) is 1. The molecular weight excluding hydrogens is 322 g/mol. The van der Waals surface area contributed by atoms with Crippen LogP contribution in [-0.2, 0) is 6.54 Å². The van der Waals surface area contributed by atoms with Crippen LogP contribution in [0, 0.1) is 6.92 Å². The molecule has 0 saturated carbocycles. The van der Waals surface area contributed by atoms with Gasteiger partial charge in [-0.3, -0.25) is 4.99 Å². The molecule has 3 rings (SSSR count). The number of aliphatic imine (C=N–C) groups is 1. The fraction of sp³-hybridized carbons (Fsp3) is 0.562. The lowest BCUT2D eigenvalue weighted by Gasteiger charge is -2.35. The summed E-state index contributed by atoms with van der Waals surface area (Å²) in [5.41, 5.74) is 6.14. The zero-order chi connectivity index (χ0) is 16.8. The minimum absolute atomic E-state index is 0.674. The summed E-state index contributed by atoms with van der Waals surface area (Å²) in [6.45, 7) is 7.51. The number of hydrogen-bond acceptors (Lipinski definition) is 5. The minimum atomic E-state index is 0.674. The zero-order valence-corrected chi connectivity index (χ0v) is 15.0. The molecule has 2 N–H and O–H groups in total. The highest BCUT2D eigenvalue weighted by Crippen LogP contribution is 2.18. The first-order valence-corrected chi connectivity index (χ1v) is 9.29. The van der Waals surface area contributed by atoms with Crippen molar-refractivity contribution < 1.29 is 0 Å². The van der Waals surface area contributed by atoms with Gasteiger partial charge < -0.3 is 20.1 Å². The second-order valence-corrected chi connectivity index (χ2v) is 6.78. The molecule has 0 radical (unpaired) electrons. The number of unbranched alkanes of at least 4 members (excludes halogenated alkanes) is 1. The quantitative estimate of drug-likeness (QED) is 0.488. The predicted molar refractivity (Wildman–Crippen MR) is 98.6 cm³/mol. The number of nitrogens with two attached hydrogens (primary N) is 1. The maximum atomic E-state index is 6.14. The molecule has 7 nitrogen and oxygen atoms in total. The summed E-state index contributed by atoms with van der Waals surface area (Å²) in [7, 11) is 0. The maximum absolute atomic E-state index is 6.14. The first-order chi connectivity index (χ1) is 11.7. The molecule has 24 heavy (non-hydrogen) atoms. The van der Waals surface area contributed by atoms with E-state index < -0.39 is 0 Å². The molecular formula is C16H25N7S. The van der Waals surface area contributed by atoms with Gasteiger partial charge in [0.15, 0.2) is 11.1 Å². The second kappa shape index (κ2) is 8.14. The number of guanidine groups is 1. The van der Waals surface area contributed by atoms with Gasteiger partial charge in [-0.15, -0.1) is 11.3 Å². The van der Waals surface area contributed by atoms with E-state index in [1.807, 2.05) is 30.9 Å². The largest absolute Gasteiger partial charge is 0.370 e. The standard InChI is InChI=1S/C16H25N7S/c1-14-18-5-8-21(14)7-3-2-4-19-15(17)22-9-11-23(12-10-22)16-20-6-13-24-16/h5-6,8,13H,2-4,7,9-12H2,1H3,(H2,17,19). The molecule has 8 heteroatoms. The van der Waals surface area contributed by atoms with E-state index in [0.29, 0.717) is 5.96 Å². The van der Waals surface area contributed by atoms with Crippen LogP contribution in [0.4, 0.5) is 5.13 Å². The van der Waals surface area contributed by atoms with E-state index in [1.165, 1.54) is 0 Å². The van der Waals surface area contributed by atoms with Crippen molar-refractivity contribution in [2.24, 2.45) is 10.7 Å². The number of anilines is 1. The maximum Gasteiger partial charge on any atom is 0.191 e. The van der Waals surface area contributed by atoms with Crippen LogP contribution in [0.3, 0.4) is 0 Å². The van der Waals surface area contributed by atoms with Crippen LogP contribution in [0.5, 0.6) is 0 Å². The molecule has 1 aliphatic rings. The van der Waals surface area contributed by atoms with Gasteiger partial charge >= 0.3 is 0 Å². The number of thiazole rings is 1. The Hall–Kier alpha value is -2.09. The summed E-state index contributed by atoms with van der Waals surface area (Å²) in [6.07, 6.45) is 7.85. The van der Waals surface area contributed by atoms with Gasteiger partial charge in [-0.1, -0.05) is 0 Å². The van der Waals surface area contributed by atoms with Gasteiger partial charge in [-0.05, 0) is 19.8 Å². The van der Waals surface area contributed by atoms with Crippen LogP contribution in [0.15, 0.2) is 29.0 Å². The Morgan fingerprint density at radius 1 is 1.21 bits per heavy atom. The third kappa shape index (κ3) is 4.25. The Bertz CT molecular complexity index is 641. The van der Waals surface area contributed by atoms with Crippen molar-refractivity contribution >= 4 is 22.4 Å². The number of rotatable bonds is 6. The molecule has 1 aliphatic heterocycles. The van der Waals surface area contributed by atoms with Crippen molar-refractivity contribution in [1.82, 2.24) is 19.4 Å². The van der Waals surface area contributed by atoms with Crippen LogP contribution < -0.4 is 10.6 Å². The van der Waals surface area contributed by atoms with Crippen LogP contribution in [0.2, 0.25) is 0 Å². The van der Waals surface area contributed by atoms with Crippen LogP contribution in [-0.4, -0.2) is 58.1 Å². The molecule has 0 aromatic carbocycles. The highest BCUT2D eigenvalue weighted by atomic mass is 32.1. The van der Waals surface area contributed by atoms with E-state index >= 15 is 0 Å². The van der Waals surface area contributed by atoms with E-state index in [9.17, 15) is 0 Å². The third-order valence-corrected chi connectivity index (χ3v) is 5.13. The fourth-order valence-electron chi connectivity index (χ4n) is 2.83. The minimum Gasteiger partial charge on any atom is -0.370 e. The van der Waals surface area contributed by atoms with Crippen molar-refractivity contribution in [3.63, 3.8) is 0 Å². The zero-order valence-electron chi connectivity index (χ0n) is 14.1. The van der Waals surface area contributed by atoms with E-state index in [0.717, 1.165) is 63.1 Å². The number of piperazine rings is 1. The number of aromatic nitrogens is 3. The van der Waals surface area contributed by atoms with Gasteiger partial charge in [0, 0.05) is 63.2 Å². The molecule has 0 spiro atoms. The number of aryl methyl sites for hydroxylation is 2. The summed E-state index contributed by atoms with van der Waals surface area (Å²) in [6, 6.07) is 0. The summed E-state index contributed by atoms with van der Waals surface area (Å²) in [4.78, 5) is 17.6. The summed E-state index contributed by atoms with van der Waals surface area (Å²) in [5, 5.41) is 3.11. The molecule has 2 aromatic rings. The van der Waals surface area contributed by atoms with Crippen molar-refractivity contribution in [2.75, 3.05) is 37.6 Å². The van der Waals surface area contributed by atoms with Crippen molar-refractivity contribution in [1.29, 1.82) is 0 Å². The molecule has 0 atom stereocenters. The third-order valence-electron chi connectivity index (χ3n) is 4.30. The first-order valence-electron chi connectivity index (χ1n) is 8.41. The average molecular weight is 347 g/mol. The first kappa shape index (κ1) is 16.8. The summed E-state index contributed by atoms with van der Waals surface area (Å²) >= 11 is 1.69. The van der Waals surface area contributed by atoms with E-state index in [4.69, 9.17) is 5.73 Å². The van der Waals surface area contributed by atoms with Crippen molar-refractivity contribution in [3.05, 3.63) is 29.8 Å². The Morgan fingerprint density at radius 2 is 2.04 bits per heavy atom. The molecule has 2 aromatic heterocycles. The van der Waals surface area contributed by atoms with E-state index in [-0.39, 0.29) is 0 Å². The lowest BCUT2D eigenvalue weighted by atomic mass is 10.3. The predicted octanol–water partition coefficient (Wildman–Crippen LogP) is 1.57. The smallest absolute Gasteiger partial charge is 0.191 e. The van der Waals surface area contributed by atoms with Gasteiger partial charge in [-0.25, -0.2) is 9.97 Å². The van der Waals surface area contributed by atoms with E-state index in [1.54, 1.807) is 11.3 Å². The molecule has 0 amide bonds. The Labute approximate surface area is 146 Å². The highest BCUT2D eigenvalue weighted by Gasteiger charge is 2.19. The molecule has 3 heterocycles. The molecule has 0 aliphatic carbocycles. The second-order valence-electron chi connectivity index (χ2n) is 5.90. The van der Waals surface area contributed by atoms with Crippen molar-refractivity contribution in [2.45, 2.75) is 26.3 Å². The van der Waals surface area contributed by atoms with Gasteiger partial charge in [0.1, 0.15) is 5.82 Å². The Kier molecular flexibility index (Phi) is 5.68. The lowest BCUT2D eigenvalue weighted by Crippen LogP contribution is -2.51. The highest BCUT2D eigenvalue weighted by molar-refractivity contribution is 7.13. The van der Waals surface area contributed by atoms with Crippen LogP contribution in [0.25, 0.3) is 0 Å². The summed E-state index contributed by atoms with van der Waals surface area (Å²) < 4.78 is 2.17. The molecule has 1 saturated heterocycles. The lowest BCUT2D eigenvalue weighted by molar-refractivity contribution is 0.380. The molecule has 1 fully saturated rings. The van der Waals surface area contributed by atoms with Gasteiger partial charge in [0.25, 0.3) is 0 Å². The Morgan fingerprint density at radius 3 is 2.71 bits per heavy atom. The van der Waals surface area contributed by atoms with Crippen LogP contribution >= 0.6 is 11.3 Å². The number of nitrogens with zero attached hydrogens (tertiary/aromatic N) is 6. The fourth-order valence-corrected chi connectivity index (χ4v) is 3.52. The average Bonchev–Trinajstić information content (AvgIpc) is 3.27. The van der Waals surface area contributed by atoms with Gasteiger partial charge in [-0.2, -0.15) is 0 Å². The SMILES string of the molecule is Cc1nccn1CCCCN=C(N)N1CCN(c2nccs2)CC1. The summed E-state index contributed by atoms with van der Waals surface area (Å²) in [5.74, 6) is 1.74. The normalized spacial score (nSPS) is 16.0. The monoisotopic (exact) mass is 347 g/mol. The van der Waals surface area contributed by atoms with Crippen molar-refractivity contribution in [3.8, 4) is 0 Å². The van der Waals surface area contributed by atoms with Gasteiger partial charge in [0.2, 0.25) is 0 Å². The topological polar surface area (TPSA) is 75.6 Å². The Balaban J connectivity index is 1.36.